The van der Waals surface area contributed by atoms with Gasteiger partial charge in [-0.15, -0.1) is 0 Å². The standard InChI is InChI=1S/C13H22N2O/c1-5-11-12(7-6-10(2)15-11)16-9-13(3,4)8-14/h6-7H,5,8-9,14H2,1-4H3. The van der Waals surface area contributed by atoms with Gasteiger partial charge < -0.3 is 10.5 Å². The van der Waals surface area contributed by atoms with Gasteiger partial charge in [-0.2, -0.15) is 0 Å². The van der Waals surface area contributed by atoms with E-state index in [0.717, 1.165) is 23.6 Å². The number of ether oxygens (including phenoxy) is 1. The molecule has 0 radical (unpaired) electrons. The van der Waals surface area contributed by atoms with Crippen molar-refractivity contribution in [3.8, 4) is 5.75 Å². The minimum Gasteiger partial charge on any atom is -0.491 e. The monoisotopic (exact) mass is 222 g/mol. The molecule has 1 rings (SSSR count). The van der Waals surface area contributed by atoms with Gasteiger partial charge in [-0.25, -0.2) is 0 Å². The summed E-state index contributed by atoms with van der Waals surface area (Å²) in [7, 11) is 0. The molecular formula is C13H22N2O. The number of hydrogen-bond donors (Lipinski definition) is 1. The quantitative estimate of drug-likeness (QED) is 0.831. The smallest absolute Gasteiger partial charge is 0.140 e. The van der Waals surface area contributed by atoms with Crippen LogP contribution in [0.25, 0.3) is 0 Å². The molecule has 0 atom stereocenters. The molecule has 3 nitrogen and oxygen atoms in total. The predicted molar refractivity (Wildman–Crippen MR) is 66.7 cm³/mol. The molecule has 0 unspecified atom stereocenters. The highest BCUT2D eigenvalue weighted by atomic mass is 16.5. The summed E-state index contributed by atoms with van der Waals surface area (Å²) < 4.78 is 5.80. The molecule has 0 saturated heterocycles. The molecule has 0 aliphatic carbocycles. The SMILES string of the molecule is CCc1nc(C)ccc1OCC(C)(C)CN. The van der Waals surface area contributed by atoms with Crippen LogP contribution < -0.4 is 10.5 Å². The molecule has 0 spiro atoms. The van der Waals surface area contributed by atoms with Gasteiger partial charge in [0, 0.05) is 17.7 Å². The van der Waals surface area contributed by atoms with E-state index in [1.165, 1.54) is 0 Å². The largest absolute Gasteiger partial charge is 0.491 e. The van der Waals surface area contributed by atoms with Crippen molar-refractivity contribution < 1.29 is 4.74 Å². The average molecular weight is 222 g/mol. The molecule has 16 heavy (non-hydrogen) atoms. The van der Waals surface area contributed by atoms with Crippen LogP contribution in [0.15, 0.2) is 12.1 Å². The molecule has 0 aliphatic heterocycles. The molecule has 90 valence electrons. The lowest BCUT2D eigenvalue weighted by Crippen LogP contribution is -2.30. The second-order valence-electron chi connectivity index (χ2n) is 4.91. The van der Waals surface area contributed by atoms with Crippen LogP contribution in [0.5, 0.6) is 5.75 Å². The highest BCUT2D eigenvalue weighted by Gasteiger charge is 2.17. The Morgan fingerprint density at radius 2 is 2.06 bits per heavy atom. The van der Waals surface area contributed by atoms with Gasteiger partial charge in [0.1, 0.15) is 5.75 Å². The topological polar surface area (TPSA) is 48.1 Å². The zero-order chi connectivity index (χ0) is 12.2. The Labute approximate surface area is 98.0 Å². The first-order chi connectivity index (χ1) is 7.48. The van der Waals surface area contributed by atoms with E-state index >= 15 is 0 Å². The normalized spacial score (nSPS) is 11.6. The number of aryl methyl sites for hydroxylation is 2. The lowest BCUT2D eigenvalue weighted by Gasteiger charge is -2.23. The molecular weight excluding hydrogens is 200 g/mol. The molecule has 1 aromatic heterocycles. The van der Waals surface area contributed by atoms with E-state index in [9.17, 15) is 0 Å². The third-order valence-corrected chi connectivity index (χ3v) is 2.58. The van der Waals surface area contributed by atoms with E-state index in [1.807, 2.05) is 19.1 Å². The second kappa shape index (κ2) is 5.30. The fourth-order valence-corrected chi connectivity index (χ4v) is 1.31. The van der Waals surface area contributed by atoms with Crippen molar-refractivity contribution in [2.75, 3.05) is 13.2 Å². The molecule has 3 heteroatoms. The Balaban J connectivity index is 2.74. The lowest BCUT2D eigenvalue weighted by molar-refractivity contribution is 0.185. The Kier molecular flexibility index (Phi) is 4.30. The van der Waals surface area contributed by atoms with Crippen molar-refractivity contribution in [3.63, 3.8) is 0 Å². The Morgan fingerprint density at radius 3 is 2.62 bits per heavy atom. The van der Waals surface area contributed by atoms with E-state index in [0.29, 0.717) is 13.2 Å². The fraction of sp³-hybridized carbons (Fsp3) is 0.615. The van der Waals surface area contributed by atoms with Gasteiger partial charge in [0.15, 0.2) is 0 Å². The van der Waals surface area contributed by atoms with E-state index < -0.39 is 0 Å². The maximum absolute atomic E-state index is 5.80. The molecule has 0 amide bonds. The van der Waals surface area contributed by atoms with Crippen molar-refractivity contribution in [3.05, 3.63) is 23.5 Å². The number of aromatic nitrogens is 1. The van der Waals surface area contributed by atoms with Gasteiger partial charge >= 0.3 is 0 Å². The first kappa shape index (κ1) is 13.0. The Hall–Kier alpha value is -1.09. The highest BCUT2D eigenvalue weighted by Crippen LogP contribution is 2.21. The number of nitrogens with two attached hydrogens (primary N) is 1. The lowest BCUT2D eigenvalue weighted by atomic mass is 9.95. The van der Waals surface area contributed by atoms with Crippen LogP contribution in [0, 0.1) is 12.3 Å². The predicted octanol–water partition coefficient (Wildman–Crippen LogP) is 2.32. The van der Waals surface area contributed by atoms with E-state index in [2.05, 4.69) is 25.8 Å². The van der Waals surface area contributed by atoms with Crippen LogP contribution in [0.2, 0.25) is 0 Å². The summed E-state index contributed by atoms with van der Waals surface area (Å²) in [5.41, 5.74) is 7.73. The summed E-state index contributed by atoms with van der Waals surface area (Å²) in [5.74, 6) is 0.884. The molecule has 2 N–H and O–H groups in total. The minimum absolute atomic E-state index is 0.00982. The third-order valence-electron chi connectivity index (χ3n) is 2.58. The van der Waals surface area contributed by atoms with Crippen molar-refractivity contribution in [2.24, 2.45) is 11.1 Å². The van der Waals surface area contributed by atoms with Gasteiger partial charge in [-0.05, 0) is 25.5 Å². The molecule has 0 fully saturated rings. The summed E-state index contributed by atoms with van der Waals surface area (Å²) in [6.07, 6.45) is 0.889. The third kappa shape index (κ3) is 3.49. The number of rotatable bonds is 5. The maximum atomic E-state index is 5.80. The van der Waals surface area contributed by atoms with Crippen molar-refractivity contribution in [2.45, 2.75) is 34.1 Å². The first-order valence-corrected chi connectivity index (χ1v) is 5.78. The van der Waals surface area contributed by atoms with Crippen LogP contribution in [-0.4, -0.2) is 18.1 Å². The molecule has 1 heterocycles. The van der Waals surface area contributed by atoms with Gasteiger partial charge in [-0.1, -0.05) is 20.8 Å². The van der Waals surface area contributed by atoms with E-state index in [4.69, 9.17) is 10.5 Å². The molecule has 1 aromatic rings. The second-order valence-corrected chi connectivity index (χ2v) is 4.91. The first-order valence-electron chi connectivity index (χ1n) is 5.78. The summed E-state index contributed by atoms with van der Waals surface area (Å²) >= 11 is 0. The zero-order valence-corrected chi connectivity index (χ0v) is 10.7. The molecule has 0 aliphatic rings. The van der Waals surface area contributed by atoms with Gasteiger partial charge in [-0.3, -0.25) is 4.98 Å². The van der Waals surface area contributed by atoms with Gasteiger partial charge in [0.05, 0.1) is 12.3 Å². The maximum Gasteiger partial charge on any atom is 0.140 e. The van der Waals surface area contributed by atoms with Crippen LogP contribution in [0.3, 0.4) is 0 Å². The summed E-state index contributed by atoms with van der Waals surface area (Å²) in [6.45, 7) is 9.52. The number of pyridine rings is 1. The minimum atomic E-state index is 0.00982. The van der Waals surface area contributed by atoms with E-state index in [-0.39, 0.29) is 5.41 Å². The van der Waals surface area contributed by atoms with Crippen molar-refractivity contribution >= 4 is 0 Å². The summed E-state index contributed by atoms with van der Waals surface area (Å²) in [6, 6.07) is 3.97. The zero-order valence-electron chi connectivity index (χ0n) is 10.7. The molecule has 0 saturated carbocycles. The van der Waals surface area contributed by atoms with Crippen molar-refractivity contribution in [1.82, 2.24) is 4.98 Å². The Morgan fingerprint density at radius 1 is 1.38 bits per heavy atom. The van der Waals surface area contributed by atoms with Gasteiger partial charge in [0.2, 0.25) is 0 Å². The number of nitrogens with zero attached hydrogens (tertiary/aromatic N) is 1. The molecule has 0 bridgehead atoms. The van der Waals surface area contributed by atoms with Crippen molar-refractivity contribution in [1.29, 1.82) is 0 Å². The van der Waals surface area contributed by atoms with Crippen LogP contribution >= 0.6 is 0 Å². The average Bonchev–Trinajstić information content (AvgIpc) is 2.27. The van der Waals surface area contributed by atoms with E-state index in [1.54, 1.807) is 0 Å². The fourth-order valence-electron chi connectivity index (χ4n) is 1.31. The molecule has 0 aromatic carbocycles. The Bertz CT molecular complexity index is 348. The number of hydrogen-bond acceptors (Lipinski definition) is 3. The van der Waals surface area contributed by atoms with Gasteiger partial charge in [0.25, 0.3) is 0 Å². The van der Waals surface area contributed by atoms with Crippen LogP contribution in [0.1, 0.15) is 32.2 Å². The highest BCUT2D eigenvalue weighted by molar-refractivity contribution is 5.29. The summed E-state index contributed by atoms with van der Waals surface area (Å²) in [5, 5.41) is 0. The van der Waals surface area contributed by atoms with Crippen LogP contribution in [0.4, 0.5) is 0 Å². The van der Waals surface area contributed by atoms with Crippen LogP contribution in [-0.2, 0) is 6.42 Å². The summed E-state index contributed by atoms with van der Waals surface area (Å²) in [4.78, 5) is 4.46.